The number of ether oxygens (including phenoxy) is 3. The lowest BCUT2D eigenvalue weighted by molar-refractivity contribution is -0.129. The van der Waals surface area contributed by atoms with Crippen molar-refractivity contribution in [1.82, 2.24) is 4.90 Å². The molecular weight excluding hydrogens is 496 g/mol. The van der Waals surface area contributed by atoms with Crippen molar-refractivity contribution >= 4 is 23.3 Å². The van der Waals surface area contributed by atoms with Gasteiger partial charge in [0.1, 0.15) is 5.75 Å². The molecule has 0 unspecified atom stereocenters. The second kappa shape index (κ2) is 16.1. The molecule has 2 aromatic carbocycles. The van der Waals surface area contributed by atoms with Crippen LogP contribution in [0.15, 0.2) is 48.5 Å². The third-order valence-electron chi connectivity index (χ3n) is 6.91. The van der Waals surface area contributed by atoms with Gasteiger partial charge in [0, 0.05) is 43.3 Å². The smallest absolute Gasteiger partial charge is 0.331 e. The number of imide groups is 1. The van der Waals surface area contributed by atoms with Gasteiger partial charge in [-0.2, -0.15) is 0 Å². The molecule has 0 atom stereocenters. The summed E-state index contributed by atoms with van der Waals surface area (Å²) in [6, 6.07) is 15.2. The van der Waals surface area contributed by atoms with Crippen molar-refractivity contribution in [2.24, 2.45) is 11.7 Å². The van der Waals surface area contributed by atoms with E-state index in [-0.39, 0.29) is 32.2 Å². The highest BCUT2D eigenvalue weighted by atomic mass is 16.7. The fourth-order valence-corrected chi connectivity index (χ4v) is 4.92. The second-order valence-corrected chi connectivity index (χ2v) is 8.96. The van der Waals surface area contributed by atoms with Crippen molar-refractivity contribution in [3.8, 4) is 5.75 Å². The first kappa shape index (κ1) is 32.1. The lowest BCUT2D eigenvalue weighted by Gasteiger charge is -2.36. The predicted molar refractivity (Wildman–Crippen MR) is 156 cm³/mol. The molecule has 3 aliphatic rings. The highest BCUT2D eigenvalue weighted by Crippen LogP contribution is 2.30. The lowest BCUT2D eigenvalue weighted by atomic mass is 9.96. The van der Waals surface area contributed by atoms with Gasteiger partial charge in [-0.15, -0.1) is 0 Å². The number of anilines is 2. The fourth-order valence-electron chi connectivity index (χ4n) is 4.92. The van der Waals surface area contributed by atoms with Crippen LogP contribution in [0.4, 0.5) is 16.2 Å². The number of rotatable bonds is 6. The van der Waals surface area contributed by atoms with Crippen LogP contribution in [-0.2, 0) is 20.8 Å². The van der Waals surface area contributed by atoms with Gasteiger partial charge in [-0.3, -0.25) is 14.6 Å². The third-order valence-corrected chi connectivity index (χ3v) is 6.91. The molecule has 9 nitrogen and oxygen atoms in total. The molecule has 2 N–H and O–H groups in total. The Balaban J connectivity index is 0.00000102. The van der Waals surface area contributed by atoms with E-state index in [1.807, 2.05) is 50.2 Å². The van der Waals surface area contributed by atoms with Crippen LogP contribution in [0, 0.1) is 5.92 Å². The zero-order chi connectivity index (χ0) is 27.5. The van der Waals surface area contributed by atoms with Crippen molar-refractivity contribution in [2.45, 2.75) is 53.4 Å². The average molecular weight is 543 g/mol. The molecule has 0 aliphatic carbocycles. The summed E-state index contributed by atoms with van der Waals surface area (Å²) in [6.45, 7) is 7.96. The summed E-state index contributed by atoms with van der Waals surface area (Å²) in [7, 11) is 3.11. The Morgan fingerprint density at radius 2 is 1.44 bits per heavy atom. The van der Waals surface area contributed by atoms with E-state index in [0.29, 0.717) is 32.1 Å². The van der Waals surface area contributed by atoms with Crippen LogP contribution in [0.5, 0.6) is 5.75 Å². The van der Waals surface area contributed by atoms with E-state index in [1.165, 1.54) is 11.9 Å². The first-order valence-electron chi connectivity index (χ1n) is 13.5. The van der Waals surface area contributed by atoms with Gasteiger partial charge < -0.3 is 24.8 Å². The maximum absolute atomic E-state index is 13.2. The molecule has 3 saturated heterocycles. The van der Waals surface area contributed by atoms with Gasteiger partial charge in [0.15, 0.2) is 6.29 Å². The topological polar surface area (TPSA) is 97.6 Å². The van der Waals surface area contributed by atoms with E-state index in [0.717, 1.165) is 48.6 Å². The number of methoxy groups -OCH3 is 1. The number of piperidine rings is 1. The molecule has 2 aromatic rings. The standard InChI is InChI=1S/C26H31N3O5.C2H6.CH5N.CH4/c1-32-23-8-2-19(3-9-23)18-29-24(30)12-15-28(26(29)31)22-6-4-21(5-7-22)27-13-10-20(11-14-27)25-33-16-17-34-25;2*1-2;/h2-9,20,25H,10-18H2,1H3;1-2H3;2H2,1H3;1H4. The molecule has 0 aromatic heterocycles. The van der Waals surface area contributed by atoms with Crippen LogP contribution in [0.2, 0.25) is 0 Å². The average Bonchev–Trinajstić information content (AvgIpc) is 3.53. The Morgan fingerprint density at radius 1 is 0.872 bits per heavy atom. The number of benzene rings is 2. The molecule has 5 rings (SSSR count). The number of nitrogens with zero attached hydrogens (tertiary/aromatic N) is 3. The number of carbonyl (C=O) groups is 2. The molecule has 3 heterocycles. The SMILES string of the molecule is C.CC.CN.COc1ccc(CN2C(=O)CCN(c3ccc(N4CCC(C5OCCO5)CC4)cc3)C2=O)cc1. The molecule has 216 valence electrons. The van der Waals surface area contributed by atoms with Crippen molar-refractivity contribution in [3.63, 3.8) is 0 Å². The van der Waals surface area contributed by atoms with Crippen LogP contribution < -0.4 is 20.3 Å². The quantitative estimate of drug-likeness (QED) is 0.556. The van der Waals surface area contributed by atoms with Crippen molar-refractivity contribution in [3.05, 3.63) is 54.1 Å². The highest BCUT2D eigenvalue weighted by molar-refractivity contribution is 6.05. The first-order chi connectivity index (χ1) is 18.6. The van der Waals surface area contributed by atoms with E-state index in [1.54, 1.807) is 12.0 Å². The lowest BCUT2D eigenvalue weighted by Crippen LogP contribution is -2.52. The van der Waals surface area contributed by atoms with Crippen LogP contribution in [0.1, 0.15) is 46.1 Å². The summed E-state index contributed by atoms with van der Waals surface area (Å²) >= 11 is 0. The number of urea groups is 1. The summed E-state index contributed by atoms with van der Waals surface area (Å²) in [6.07, 6.45) is 2.35. The maximum atomic E-state index is 13.2. The van der Waals surface area contributed by atoms with Crippen molar-refractivity contribution in [1.29, 1.82) is 0 Å². The van der Waals surface area contributed by atoms with E-state index in [9.17, 15) is 9.59 Å². The zero-order valence-electron chi connectivity index (χ0n) is 23.1. The van der Waals surface area contributed by atoms with E-state index < -0.39 is 0 Å². The van der Waals surface area contributed by atoms with Crippen LogP contribution >= 0.6 is 0 Å². The number of hydrogen-bond acceptors (Lipinski definition) is 7. The van der Waals surface area contributed by atoms with Gasteiger partial charge in [0.2, 0.25) is 5.91 Å². The minimum absolute atomic E-state index is 0. The van der Waals surface area contributed by atoms with Gasteiger partial charge in [0.05, 0.1) is 26.9 Å². The number of carbonyl (C=O) groups excluding carboxylic acids is 2. The van der Waals surface area contributed by atoms with Crippen LogP contribution in [0.25, 0.3) is 0 Å². The van der Waals surface area contributed by atoms with Crippen molar-refractivity contribution in [2.75, 3.05) is 56.8 Å². The minimum Gasteiger partial charge on any atom is -0.497 e. The summed E-state index contributed by atoms with van der Waals surface area (Å²) in [5.41, 5.74) is 7.34. The Hall–Kier alpha value is -3.14. The van der Waals surface area contributed by atoms with Gasteiger partial charge in [-0.05, 0) is 61.9 Å². The Labute approximate surface area is 233 Å². The van der Waals surface area contributed by atoms with Gasteiger partial charge in [-0.25, -0.2) is 4.79 Å². The van der Waals surface area contributed by atoms with E-state index in [2.05, 4.69) is 22.8 Å². The van der Waals surface area contributed by atoms with E-state index in [4.69, 9.17) is 14.2 Å². The largest absolute Gasteiger partial charge is 0.497 e. The summed E-state index contributed by atoms with van der Waals surface area (Å²) in [5.74, 6) is 1.05. The fraction of sp³-hybridized carbons (Fsp3) is 0.533. The zero-order valence-corrected chi connectivity index (χ0v) is 23.1. The van der Waals surface area contributed by atoms with Gasteiger partial charge >= 0.3 is 6.03 Å². The summed E-state index contributed by atoms with van der Waals surface area (Å²) in [4.78, 5) is 31.1. The Bertz CT molecular complexity index is 1000. The van der Waals surface area contributed by atoms with Gasteiger partial charge in [-0.1, -0.05) is 33.4 Å². The first-order valence-corrected chi connectivity index (χ1v) is 13.5. The predicted octanol–water partition coefficient (Wildman–Crippen LogP) is 4.88. The molecule has 3 aliphatic heterocycles. The number of nitrogens with two attached hydrogens (primary N) is 1. The van der Waals surface area contributed by atoms with Crippen molar-refractivity contribution < 1.29 is 23.8 Å². The molecule has 0 saturated carbocycles. The monoisotopic (exact) mass is 542 g/mol. The maximum Gasteiger partial charge on any atom is 0.331 e. The normalized spacial score (nSPS) is 18.0. The third kappa shape index (κ3) is 7.94. The molecule has 9 heteroatoms. The van der Waals surface area contributed by atoms with Gasteiger partial charge in [0.25, 0.3) is 0 Å². The van der Waals surface area contributed by atoms with Crippen LogP contribution in [-0.4, -0.2) is 70.1 Å². The minimum atomic E-state index is -0.280. The van der Waals surface area contributed by atoms with E-state index >= 15 is 0 Å². The van der Waals surface area contributed by atoms with Crippen LogP contribution in [0.3, 0.4) is 0 Å². The molecule has 3 fully saturated rings. The molecule has 39 heavy (non-hydrogen) atoms. The molecular formula is C30H46N4O5. The molecule has 0 spiro atoms. The molecule has 0 bridgehead atoms. The Kier molecular flexibility index (Phi) is 13.2. The highest BCUT2D eigenvalue weighted by Gasteiger charge is 2.33. The molecule has 3 amide bonds. The summed E-state index contributed by atoms with van der Waals surface area (Å²) in [5, 5.41) is 0. The number of hydrogen-bond donors (Lipinski definition) is 1. The number of amides is 3. The summed E-state index contributed by atoms with van der Waals surface area (Å²) < 4.78 is 16.5. The second-order valence-electron chi connectivity index (χ2n) is 8.96. The Morgan fingerprint density at radius 3 is 2.00 bits per heavy atom. The molecule has 0 radical (unpaired) electrons.